The summed E-state index contributed by atoms with van der Waals surface area (Å²) in [4.78, 5) is 12.6. The van der Waals surface area contributed by atoms with Gasteiger partial charge in [-0.3, -0.25) is 4.79 Å². The number of Topliss-reactive ketones (excluding diaryl/α,β-unsaturated/α-hetero) is 1. The standard InChI is InChI=1S/C15H28OSi/c1-9-15(11-17(6,7)8)10-13(2,3)12(16)14(15,4)5/h9H,1,10-11H2,2-8H3. The van der Waals surface area contributed by atoms with Crippen LogP contribution in [0, 0.1) is 16.2 Å². The molecule has 1 nitrogen and oxygen atoms in total. The third kappa shape index (κ3) is 2.29. The second-order valence-electron chi connectivity index (χ2n) is 8.11. The van der Waals surface area contributed by atoms with Gasteiger partial charge in [-0.15, -0.1) is 6.58 Å². The van der Waals surface area contributed by atoms with Crippen molar-refractivity contribution in [3.8, 4) is 0 Å². The summed E-state index contributed by atoms with van der Waals surface area (Å²) in [6.07, 6.45) is 3.04. The lowest BCUT2D eigenvalue weighted by molar-refractivity contribution is -0.132. The van der Waals surface area contributed by atoms with Gasteiger partial charge in [-0.2, -0.15) is 0 Å². The Morgan fingerprint density at radius 1 is 1.24 bits per heavy atom. The minimum Gasteiger partial charge on any atom is -0.298 e. The first-order valence-electron chi connectivity index (χ1n) is 6.57. The van der Waals surface area contributed by atoms with E-state index in [1.54, 1.807) is 0 Å². The van der Waals surface area contributed by atoms with Gasteiger partial charge in [-0.05, 0) is 17.9 Å². The maximum absolute atomic E-state index is 12.6. The van der Waals surface area contributed by atoms with Gasteiger partial charge in [0.05, 0.1) is 0 Å². The Hall–Kier alpha value is -0.373. The molecule has 98 valence electrons. The van der Waals surface area contributed by atoms with Crippen molar-refractivity contribution in [1.29, 1.82) is 0 Å². The zero-order valence-corrected chi connectivity index (χ0v) is 13.6. The molecule has 1 atom stereocenters. The molecule has 1 fully saturated rings. The monoisotopic (exact) mass is 252 g/mol. The van der Waals surface area contributed by atoms with E-state index in [9.17, 15) is 4.79 Å². The predicted octanol–water partition coefficient (Wildman–Crippen LogP) is 4.52. The van der Waals surface area contributed by atoms with Gasteiger partial charge in [-0.1, -0.05) is 53.4 Å². The second-order valence-corrected chi connectivity index (χ2v) is 13.6. The Morgan fingerprint density at radius 3 is 1.94 bits per heavy atom. The van der Waals surface area contributed by atoms with Gasteiger partial charge < -0.3 is 0 Å². The summed E-state index contributed by atoms with van der Waals surface area (Å²) in [5.41, 5.74) is -0.464. The molecule has 0 N–H and O–H groups in total. The minimum atomic E-state index is -1.22. The van der Waals surface area contributed by atoms with Gasteiger partial charge in [-0.25, -0.2) is 0 Å². The fraction of sp³-hybridized carbons (Fsp3) is 0.800. The first kappa shape index (κ1) is 14.7. The Morgan fingerprint density at radius 2 is 1.71 bits per heavy atom. The largest absolute Gasteiger partial charge is 0.298 e. The predicted molar refractivity (Wildman–Crippen MR) is 78.0 cm³/mol. The molecule has 0 bridgehead atoms. The van der Waals surface area contributed by atoms with Crippen LogP contribution in [0.1, 0.15) is 34.1 Å². The molecule has 0 aromatic heterocycles. The van der Waals surface area contributed by atoms with E-state index in [-0.39, 0.29) is 16.2 Å². The van der Waals surface area contributed by atoms with Crippen LogP contribution in [0.15, 0.2) is 12.7 Å². The number of hydrogen-bond donors (Lipinski definition) is 0. The van der Waals surface area contributed by atoms with Crippen LogP contribution in [0.3, 0.4) is 0 Å². The summed E-state index contributed by atoms with van der Waals surface area (Å²) in [6.45, 7) is 19.6. The molecule has 1 rings (SSSR count). The molecule has 1 unspecified atom stereocenters. The lowest BCUT2D eigenvalue weighted by Gasteiger charge is -2.41. The molecule has 0 aliphatic heterocycles. The van der Waals surface area contributed by atoms with Crippen LogP contribution < -0.4 is 0 Å². The number of hydrogen-bond acceptors (Lipinski definition) is 1. The first-order valence-corrected chi connectivity index (χ1v) is 10.3. The molecule has 1 aliphatic carbocycles. The van der Waals surface area contributed by atoms with Crippen molar-refractivity contribution in [1.82, 2.24) is 0 Å². The van der Waals surface area contributed by atoms with Crippen molar-refractivity contribution in [2.45, 2.75) is 59.8 Å². The van der Waals surface area contributed by atoms with Crippen LogP contribution in [0.4, 0.5) is 0 Å². The quantitative estimate of drug-likeness (QED) is 0.533. The Bertz CT molecular complexity index is 346. The number of ketones is 1. The molecule has 1 aliphatic rings. The van der Waals surface area contributed by atoms with Crippen LogP contribution in [0.2, 0.25) is 25.7 Å². The molecule has 0 amide bonds. The average Bonchev–Trinajstić information content (AvgIpc) is 2.23. The van der Waals surface area contributed by atoms with E-state index in [1.807, 2.05) is 0 Å². The number of carbonyl (C=O) groups excluding carboxylic acids is 1. The fourth-order valence-electron chi connectivity index (χ4n) is 3.79. The van der Waals surface area contributed by atoms with E-state index in [0.717, 1.165) is 12.5 Å². The van der Waals surface area contributed by atoms with Crippen molar-refractivity contribution in [2.75, 3.05) is 0 Å². The van der Waals surface area contributed by atoms with Crippen LogP contribution in [0.25, 0.3) is 0 Å². The summed E-state index contributed by atoms with van der Waals surface area (Å²) < 4.78 is 0. The van der Waals surface area contributed by atoms with Crippen LogP contribution in [0.5, 0.6) is 0 Å². The highest BCUT2D eigenvalue weighted by Crippen LogP contribution is 2.61. The van der Waals surface area contributed by atoms with E-state index in [1.165, 1.54) is 0 Å². The summed E-state index contributed by atoms with van der Waals surface area (Å²) in [6, 6.07) is 1.16. The average molecular weight is 252 g/mol. The van der Waals surface area contributed by atoms with Gasteiger partial charge >= 0.3 is 0 Å². The molecule has 2 heteroatoms. The highest BCUT2D eigenvalue weighted by Gasteiger charge is 2.61. The van der Waals surface area contributed by atoms with Crippen LogP contribution >= 0.6 is 0 Å². The molecular formula is C15H28OSi. The van der Waals surface area contributed by atoms with E-state index >= 15 is 0 Å². The van der Waals surface area contributed by atoms with Gasteiger partial charge in [0.1, 0.15) is 5.78 Å². The highest BCUT2D eigenvalue weighted by atomic mass is 28.3. The summed E-state index contributed by atoms with van der Waals surface area (Å²) in [7, 11) is -1.22. The molecule has 0 heterocycles. The number of rotatable bonds is 3. The van der Waals surface area contributed by atoms with Gasteiger partial charge in [0.2, 0.25) is 0 Å². The summed E-state index contributed by atoms with van der Waals surface area (Å²) >= 11 is 0. The Labute approximate surface area is 108 Å². The number of carbonyl (C=O) groups is 1. The Balaban J connectivity index is 3.26. The summed E-state index contributed by atoms with van der Waals surface area (Å²) in [5.74, 6) is 0.406. The SMILES string of the molecule is C=CC1(C[Si](C)(C)C)CC(C)(C)C(=O)C1(C)C. The molecule has 17 heavy (non-hydrogen) atoms. The topological polar surface area (TPSA) is 17.1 Å². The minimum absolute atomic E-state index is 0.00193. The van der Waals surface area contributed by atoms with Crippen molar-refractivity contribution in [3.05, 3.63) is 12.7 Å². The molecule has 0 aromatic carbocycles. The van der Waals surface area contributed by atoms with Crippen molar-refractivity contribution in [3.63, 3.8) is 0 Å². The lowest BCUT2D eigenvalue weighted by Crippen LogP contribution is -2.41. The molecule has 1 saturated carbocycles. The summed E-state index contributed by atoms with van der Waals surface area (Å²) in [5, 5.41) is 0. The van der Waals surface area contributed by atoms with Gasteiger partial charge in [0, 0.05) is 18.9 Å². The molecular weight excluding hydrogens is 224 g/mol. The van der Waals surface area contributed by atoms with Crippen molar-refractivity contribution >= 4 is 13.9 Å². The van der Waals surface area contributed by atoms with Crippen LogP contribution in [-0.4, -0.2) is 13.9 Å². The van der Waals surface area contributed by atoms with Gasteiger partial charge in [0.15, 0.2) is 0 Å². The third-order valence-electron chi connectivity index (χ3n) is 4.42. The van der Waals surface area contributed by atoms with E-state index < -0.39 is 8.07 Å². The zero-order valence-electron chi connectivity index (χ0n) is 12.6. The number of allylic oxidation sites excluding steroid dienone is 1. The maximum atomic E-state index is 12.6. The normalized spacial score (nSPS) is 31.6. The van der Waals surface area contributed by atoms with Crippen molar-refractivity contribution < 1.29 is 4.79 Å². The molecule has 0 aromatic rings. The second kappa shape index (κ2) is 3.81. The first-order chi connectivity index (χ1) is 7.38. The molecule has 0 spiro atoms. The van der Waals surface area contributed by atoms with Gasteiger partial charge in [0.25, 0.3) is 0 Å². The molecule has 0 saturated heterocycles. The van der Waals surface area contributed by atoms with E-state index in [0.29, 0.717) is 5.78 Å². The third-order valence-corrected chi connectivity index (χ3v) is 6.11. The maximum Gasteiger partial charge on any atom is 0.144 e. The van der Waals surface area contributed by atoms with Crippen molar-refractivity contribution in [2.24, 2.45) is 16.2 Å². The van der Waals surface area contributed by atoms with E-state index in [4.69, 9.17) is 0 Å². The lowest BCUT2D eigenvalue weighted by atomic mass is 9.69. The van der Waals surface area contributed by atoms with E-state index in [2.05, 4.69) is 60.0 Å². The zero-order chi connectivity index (χ0) is 13.7. The highest BCUT2D eigenvalue weighted by molar-refractivity contribution is 6.76. The smallest absolute Gasteiger partial charge is 0.144 e. The Kier molecular flexibility index (Phi) is 3.29. The van der Waals surface area contributed by atoms with Crippen LogP contribution in [-0.2, 0) is 4.79 Å². The molecule has 0 radical (unpaired) electrons. The fourth-order valence-corrected chi connectivity index (χ4v) is 6.40.